The Balaban J connectivity index is 1.49. The second-order valence-electron chi connectivity index (χ2n) is 11.8. The molecular formula is C26H39N5O4. The highest BCUT2D eigenvalue weighted by atomic mass is 16.5. The molecule has 0 spiro atoms. The van der Waals surface area contributed by atoms with E-state index in [1.165, 1.54) is 6.92 Å². The zero-order valence-corrected chi connectivity index (χ0v) is 21.5. The Morgan fingerprint density at radius 3 is 2.49 bits per heavy atom. The first-order valence-corrected chi connectivity index (χ1v) is 12.7. The average molecular weight is 486 g/mol. The molecule has 0 aromatic carbocycles. The molecule has 4 bridgehead atoms. The Morgan fingerprint density at radius 2 is 1.91 bits per heavy atom. The number of carbonyl (C=O) groups is 3. The Morgan fingerprint density at radius 1 is 1.26 bits per heavy atom. The van der Waals surface area contributed by atoms with Crippen LogP contribution in [0.5, 0.6) is 0 Å². The van der Waals surface area contributed by atoms with Crippen molar-refractivity contribution in [1.29, 1.82) is 0 Å². The fourth-order valence-electron chi connectivity index (χ4n) is 7.05. The molecule has 4 N–H and O–H groups in total. The summed E-state index contributed by atoms with van der Waals surface area (Å²) < 4.78 is 6.97. The smallest absolute Gasteiger partial charge is 0.404 e. The summed E-state index contributed by atoms with van der Waals surface area (Å²) in [6.07, 6.45) is 9.82. The van der Waals surface area contributed by atoms with Crippen molar-refractivity contribution in [3.8, 4) is 0 Å². The summed E-state index contributed by atoms with van der Waals surface area (Å²) in [6.45, 7) is 9.78. The number of nitrogens with zero attached hydrogens (tertiary/aromatic N) is 2. The van der Waals surface area contributed by atoms with Crippen molar-refractivity contribution in [3.05, 3.63) is 23.5 Å². The molecule has 4 fully saturated rings. The van der Waals surface area contributed by atoms with Crippen molar-refractivity contribution in [3.63, 3.8) is 0 Å². The van der Waals surface area contributed by atoms with Gasteiger partial charge in [0.2, 0.25) is 5.91 Å². The summed E-state index contributed by atoms with van der Waals surface area (Å²) in [6, 6.07) is 0.123. The van der Waals surface area contributed by atoms with Crippen LogP contribution in [0.2, 0.25) is 0 Å². The van der Waals surface area contributed by atoms with E-state index in [0.717, 1.165) is 37.8 Å². The van der Waals surface area contributed by atoms with E-state index in [2.05, 4.69) is 15.7 Å². The number of ether oxygens (including phenoxy) is 1. The number of aromatic nitrogens is 2. The number of rotatable bonds is 8. The van der Waals surface area contributed by atoms with Crippen molar-refractivity contribution < 1.29 is 19.1 Å². The van der Waals surface area contributed by atoms with Crippen molar-refractivity contribution in [2.45, 2.75) is 84.2 Å². The lowest BCUT2D eigenvalue weighted by molar-refractivity contribution is -0.120. The Labute approximate surface area is 207 Å². The summed E-state index contributed by atoms with van der Waals surface area (Å²) >= 11 is 0. The van der Waals surface area contributed by atoms with Crippen LogP contribution in [0.1, 0.15) is 88.7 Å². The van der Waals surface area contributed by atoms with E-state index in [-0.39, 0.29) is 29.2 Å². The van der Waals surface area contributed by atoms with Crippen LogP contribution in [0.15, 0.2) is 12.3 Å². The molecule has 0 aliphatic heterocycles. The third kappa shape index (κ3) is 5.38. The maximum atomic E-state index is 13.5. The van der Waals surface area contributed by atoms with Gasteiger partial charge < -0.3 is 21.1 Å². The van der Waals surface area contributed by atoms with E-state index in [4.69, 9.17) is 10.5 Å². The minimum Gasteiger partial charge on any atom is -0.449 e. The van der Waals surface area contributed by atoms with Gasteiger partial charge in [0.05, 0.1) is 29.6 Å². The molecule has 0 saturated heterocycles. The molecule has 5 rings (SSSR count). The Bertz CT molecular complexity index is 1010. The lowest BCUT2D eigenvalue weighted by Crippen LogP contribution is -2.60. The number of amides is 3. The van der Waals surface area contributed by atoms with Gasteiger partial charge in [-0.3, -0.25) is 9.59 Å². The van der Waals surface area contributed by atoms with Crippen LogP contribution in [-0.4, -0.2) is 45.9 Å². The normalized spacial score (nSPS) is 29.5. The van der Waals surface area contributed by atoms with Gasteiger partial charge in [0, 0.05) is 24.6 Å². The van der Waals surface area contributed by atoms with Gasteiger partial charge in [-0.15, -0.1) is 0 Å². The van der Waals surface area contributed by atoms with E-state index in [0.29, 0.717) is 29.9 Å². The fourth-order valence-corrected chi connectivity index (χ4v) is 7.05. The standard InChI is InChI=1S/C26H39N5O4/c1-15(2)22-20(13-28-31(22)7-6-25(4,5)30-16(3)32)23(33)29-21-18-8-17-9-19(21)12-26(10-17,11-18)14-35-24(27)34/h6-7,13,15,17-19,21H,8-12,14H2,1-5H3,(H2,27,34)(H,29,33)(H,30,32)/b7-6+. The second-order valence-corrected chi connectivity index (χ2v) is 11.8. The van der Waals surface area contributed by atoms with Gasteiger partial charge in [0.1, 0.15) is 0 Å². The van der Waals surface area contributed by atoms with Crippen LogP contribution >= 0.6 is 0 Å². The first kappa shape index (κ1) is 25.3. The summed E-state index contributed by atoms with van der Waals surface area (Å²) in [5.41, 5.74) is 6.13. The highest BCUT2D eigenvalue weighted by molar-refractivity contribution is 5.95. The molecule has 0 radical (unpaired) electrons. The van der Waals surface area contributed by atoms with Gasteiger partial charge in [0.15, 0.2) is 0 Å². The number of nitrogens with one attached hydrogen (secondary N) is 2. The van der Waals surface area contributed by atoms with Crippen LogP contribution < -0.4 is 16.4 Å². The predicted octanol–water partition coefficient (Wildman–Crippen LogP) is 3.41. The van der Waals surface area contributed by atoms with Gasteiger partial charge in [-0.1, -0.05) is 13.8 Å². The lowest BCUT2D eigenvalue weighted by Gasteiger charge is -2.59. The van der Waals surface area contributed by atoms with E-state index in [1.54, 1.807) is 10.9 Å². The minimum atomic E-state index is -0.710. The average Bonchev–Trinajstić information content (AvgIpc) is 3.17. The number of primary amides is 1. The lowest BCUT2D eigenvalue weighted by atomic mass is 9.48. The van der Waals surface area contributed by atoms with Crippen LogP contribution in [0.3, 0.4) is 0 Å². The zero-order chi connectivity index (χ0) is 25.5. The van der Waals surface area contributed by atoms with Gasteiger partial charge >= 0.3 is 6.09 Å². The van der Waals surface area contributed by atoms with Crippen LogP contribution in [-0.2, 0) is 9.53 Å². The van der Waals surface area contributed by atoms with Crippen LogP contribution in [0.4, 0.5) is 4.79 Å². The third-order valence-electron chi connectivity index (χ3n) is 7.97. The molecule has 1 heterocycles. The van der Waals surface area contributed by atoms with E-state index < -0.39 is 11.6 Å². The first-order valence-electron chi connectivity index (χ1n) is 12.7. The molecule has 192 valence electrons. The minimum absolute atomic E-state index is 0.00619. The molecule has 35 heavy (non-hydrogen) atoms. The molecule has 4 aliphatic rings. The molecule has 4 aliphatic carbocycles. The SMILES string of the molecule is CC(=O)NC(C)(C)/C=C/n1ncc(C(=O)NC2C3CC4CC2CC(COC(N)=O)(C4)C3)c1C(C)C. The quantitative estimate of drug-likeness (QED) is 0.520. The number of carbonyl (C=O) groups excluding carboxylic acids is 3. The largest absolute Gasteiger partial charge is 0.449 e. The maximum Gasteiger partial charge on any atom is 0.404 e. The fraction of sp³-hybridized carbons (Fsp3) is 0.692. The molecule has 4 saturated carbocycles. The second kappa shape index (κ2) is 9.32. The Kier molecular flexibility index (Phi) is 6.72. The van der Waals surface area contributed by atoms with Crippen LogP contribution in [0, 0.1) is 23.2 Å². The summed E-state index contributed by atoms with van der Waals surface area (Å²) in [5.74, 6) is 1.29. The Hall–Kier alpha value is -2.84. The zero-order valence-electron chi connectivity index (χ0n) is 21.5. The topological polar surface area (TPSA) is 128 Å². The molecule has 1 aromatic heterocycles. The first-order chi connectivity index (χ1) is 16.4. The van der Waals surface area contributed by atoms with Gasteiger partial charge in [-0.05, 0) is 75.7 Å². The number of hydrogen-bond donors (Lipinski definition) is 3. The molecule has 9 heteroatoms. The van der Waals surface area contributed by atoms with Crippen molar-refractivity contribution >= 4 is 24.1 Å². The van der Waals surface area contributed by atoms with E-state index >= 15 is 0 Å². The predicted molar refractivity (Wildman–Crippen MR) is 132 cm³/mol. The maximum absolute atomic E-state index is 13.5. The highest BCUT2D eigenvalue weighted by Gasteiger charge is 2.56. The van der Waals surface area contributed by atoms with Gasteiger partial charge in [0.25, 0.3) is 5.91 Å². The van der Waals surface area contributed by atoms with Crippen molar-refractivity contribution in [2.75, 3.05) is 6.61 Å². The molecule has 2 unspecified atom stereocenters. The van der Waals surface area contributed by atoms with Crippen molar-refractivity contribution in [2.24, 2.45) is 28.9 Å². The summed E-state index contributed by atoms with van der Waals surface area (Å²) in [4.78, 5) is 36.2. The molecule has 1 aromatic rings. The van der Waals surface area contributed by atoms with Gasteiger partial charge in [-0.2, -0.15) is 5.10 Å². The number of hydrogen-bond acceptors (Lipinski definition) is 5. The highest BCUT2D eigenvalue weighted by Crippen LogP contribution is 2.60. The van der Waals surface area contributed by atoms with Crippen LogP contribution in [0.25, 0.3) is 6.20 Å². The molecular weight excluding hydrogens is 446 g/mol. The molecule has 9 nitrogen and oxygen atoms in total. The van der Waals surface area contributed by atoms with Gasteiger partial charge in [-0.25, -0.2) is 9.48 Å². The monoisotopic (exact) mass is 485 g/mol. The molecule has 2 atom stereocenters. The third-order valence-corrected chi connectivity index (χ3v) is 7.97. The molecule has 3 amide bonds. The number of nitrogens with two attached hydrogens (primary N) is 1. The summed E-state index contributed by atoms with van der Waals surface area (Å²) in [5, 5.41) is 10.7. The van der Waals surface area contributed by atoms with E-state index in [1.807, 2.05) is 40.0 Å². The van der Waals surface area contributed by atoms with E-state index in [9.17, 15) is 14.4 Å². The summed E-state index contributed by atoms with van der Waals surface area (Å²) in [7, 11) is 0. The van der Waals surface area contributed by atoms with Crippen molar-refractivity contribution in [1.82, 2.24) is 20.4 Å².